The second kappa shape index (κ2) is 9.15. The van der Waals surface area contributed by atoms with E-state index in [0.29, 0.717) is 30.1 Å². The van der Waals surface area contributed by atoms with Crippen LogP contribution in [0.15, 0.2) is 53.1 Å². The number of hydrogen-bond donors (Lipinski definition) is 1. The fraction of sp³-hybridized carbons (Fsp3) is 0.423. The fourth-order valence-corrected chi connectivity index (χ4v) is 4.98. The van der Waals surface area contributed by atoms with E-state index in [1.807, 2.05) is 47.4 Å². The fourth-order valence-electron chi connectivity index (χ4n) is 4.98. The van der Waals surface area contributed by atoms with Crippen LogP contribution in [0.4, 0.5) is 0 Å². The SMILES string of the molecule is O=C(NC1CCN(C(=O)c2cc(-c3ccco3)nc3ccccc23)CC1)C1CCCCC1. The van der Waals surface area contributed by atoms with E-state index < -0.39 is 0 Å². The van der Waals surface area contributed by atoms with Gasteiger partial charge in [-0.1, -0.05) is 37.5 Å². The van der Waals surface area contributed by atoms with Crippen LogP contribution >= 0.6 is 0 Å². The predicted octanol–water partition coefficient (Wildman–Crippen LogP) is 4.80. The van der Waals surface area contributed by atoms with E-state index in [4.69, 9.17) is 4.42 Å². The number of carbonyl (C=O) groups is 2. The lowest BCUT2D eigenvalue weighted by atomic mass is 9.88. The van der Waals surface area contributed by atoms with Crippen molar-refractivity contribution in [2.24, 2.45) is 5.92 Å². The van der Waals surface area contributed by atoms with Gasteiger partial charge in [0.15, 0.2) is 5.76 Å². The van der Waals surface area contributed by atoms with Crippen LogP contribution < -0.4 is 5.32 Å². The average Bonchev–Trinajstić information content (AvgIpc) is 3.39. The highest BCUT2D eigenvalue weighted by Crippen LogP contribution is 2.28. The molecule has 3 aromatic rings. The van der Waals surface area contributed by atoms with Gasteiger partial charge in [-0.3, -0.25) is 9.59 Å². The zero-order valence-electron chi connectivity index (χ0n) is 18.3. The lowest BCUT2D eigenvalue weighted by Gasteiger charge is -2.33. The van der Waals surface area contributed by atoms with E-state index in [-0.39, 0.29) is 23.8 Å². The third-order valence-electron chi connectivity index (χ3n) is 6.82. The Labute approximate surface area is 188 Å². The molecule has 0 atom stereocenters. The summed E-state index contributed by atoms with van der Waals surface area (Å²) in [6, 6.07) is 13.4. The highest BCUT2D eigenvalue weighted by atomic mass is 16.3. The monoisotopic (exact) mass is 431 g/mol. The van der Waals surface area contributed by atoms with E-state index in [9.17, 15) is 9.59 Å². The number of pyridine rings is 1. The minimum absolute atomic E-state index is 0.00784. The molecule has 2 aliphatic rings. The summed E-state index contributed by atoms with van der Waals surface area (Å²) in [4.78, 5) is 32.7. The number of para-hydroxylation sites is 1. The first kappa shape index (κ1) is 20.7. The standard InChI is InChI=1S/C26H29N3O3/c30-25(18-7-2-1-3-8-18)27-19-12-14-29(15-13-19)26(31)21-17-23(24-11-6-16-32-24)28-22-10-5-4-9-20(21)22/h4-6,9-11,16-19H,1-3,7-8,12-15H2,(H,27,30). The molecule has 0 unspecified atom stereocenters. The van der Waals surface area contributed by atoms with Gasteiger partial charge in [-0.15, -0.1) is 0 Å². The van der Waals surface area contributed by atoms with Gasteiger partial charge in [-0.2, -0.15) is 0 Å². The molecule has 2 fully saturated rings. The van der Waals surface area contributed by atoms with Crippen LogP contribution in [-0.4, -0.2) is 40.8 Å². The number of rotatable bonds is 4. The molecule has 1 aliphatic carbocycles. The Morgan fingerprint density at radius 1 is 0.969 bits per heavy atom. The molecule has 1 saturated carbocycles. The van der Waals surface area contributed by atoms with E-state index in [1.54, 1.807) is 6.26 Å². The third-order valence-corrected chi connectivity index (χ3v) is 6.82. The molecule has 0 bridgehead atoms. The summed E-state index contributed by atoms with van der Waals surface area (Å²) in [7, 11) is 0. The van der Waals surface area contributed by atoms with Crippen molar-refractivity contribution in [3.05, 3.63) is 54.3 Å². The molecule has 6 nitrogen and oxygen atoms in total. The molecular weight excluding hydrogens is 402 g/mol. The summed E-state index contributed by atoms with van der Waals surface area (Å²) < 4.78 is 5.52. The number of benzene rings is 1. The van der Waals surface area contributed by atoms with Crippen LogP contribution in [0.1, 0.15) is 55.3 Å². The van der Waals surface area contributed by atoms with E-state index >= 15 is 0 Å². The van der Waals surface area contributed by atoms with Crippen molar-refractivity contribution in [3.8, 4) is 11.5 Å². The first-order valence-electron chi connectivity index (χ1n) is 11.7. The van der Waals surface area contributed by atoms with Gasteiger partial charge in [0.1, 0.15) is 5.69 Å². The number of piperidine rings is 1. The van der Waals surface area contributed by atoms with Gasteiger partial charge in [0.2, 0.25) is 5.91 Å². The smallest absolute Gasteiger partial charge is 0.254 e. The van der Waals surface area contributed by atoms with E-state index in [0.717, 1.165) is 49.4 Å². The van der Waals surface area contributed by atoms with Gasteiger partial charge in [0.05, 0.1) is 17.3 Å². The van der Waals surface area contributed by atoms with Crippen LogP contribution in [0.2, 0.25) is 0 Å². The number of nitrogens with one attached hydrogen (secondary N) is 1. The Balaban J connectivity index is 1.29. The van der Waals surface area contributed by atoms with Crippen molar-refractivity contribution in [1.29, 1.82) is 0 Å². The number of amides is 2. The summed E-state index contributed by atoms with van der Waals surface area (Å²) in [6.45, 7) is 1.28. The Hall–Kier alpha value is -3.15. The Kier molecular flexibility index (Phi) is 5.93. The number of carbonyl (C=O) groups excluding carboxylic acids is 2. The van der Waals surface area contributed by atoms with Crippen LogP contribution in [0.25, 0.3) is 22.4 Å². The summed E-state index contributed by atoms with van der Waals surface area (Å²) >= 11 is 0. The minimum Gasteiger partial charge on any atom is -0.463 e. The molecule has 1 saturated heterocycles. The van der Waals surface area contributed by atoms with Gasteiger partial charge >= 0.3 is 0 Å². The van der Waals surface area contributed by atoms with E-state index in [1.165, 1.54) is 6.42 Å². The second-order valence-corrected chi connectivity index (χ2v) is 8.96. The number of fused-ring (bicyclic) bond motifs is 1. The molecule has 166 valence electrons. The molecule has 0 spiro atoms. The molecule has 32 heavy (non-hydrogen) atoms. The molecule has 1 aliphatic heterocycles. The van der Waals surface area contributed by atoms with Crippen molar-refractivity contribution in [3.63, 3.8) is 0 Å². The summed E-state index contributed by atoms with van der Waals surface area (Å²) in [5.41, 5.74) is 2.08. The number of furan rings is 1. The van der Waals surface area contributed by atoms with Gasteiger partial charge in [0, 0.05) is 30.4 Å². The number of aromatic nitrogens is 1. The Morgan fingerprint density at radius 3 is 2.50 bits per heavy atom. The van der Waals surface area contributed by atoms with Crippen molar-refractivity contribution >= 4 is 22.7 Å². The van der Waals surface area contributed by atoms with Crippen LogP contribution in [0, 0.1) is 5.92 Å². The van der Waals surface area contributed by atoms with Gasteiger partial charge < -0.3 is 14.6 Å². The topological polar surface area (TPSA) is 75.4 Å². The van der Waals surface area contributed by atoms with Crippen molar-refractivity contribution in [1.82, 2.24) is 15.2 Å². The zero-order chi connectivity index (χ0) is 21.9. The number of nitrogens with zero attached hydrogens (tertiary/aromatic N) is 2. The lowest BCUT2D eigenvalue weighted by molar-refractivity contribution is -0.126. The predicted molar refractivity (Wildman–Crippen MR) is 123 cm³/mol. The summed E-state index contributed by atoms with van der Waals surface area (Å²) in [5, 5.41) is 4.09. The Bertz CT molecular complexity index is 1090. The zero-order valence-corrected chi connectivity index (χ0v) is 18.3. The van der Waals surface area contributed by atoms with Crippen molar-refractivity contribution in [2.75, 3.05) is 13.1 Å². The molecule has 1 aromatic carbocycles. The molecule has 1 N–H and O–H groups in total. The summed E-state index contributed by atoms with van der Waals surface area (Å²) in [6.07, 6.45) is 8.77. The molecule has 5 rings (SSSR count). The van der Waals surface area contributed by atoms with Crippen molar-refractivity contribution in [2.45, 2.75) is 51.0 Å². The quantitative estimate of drug-likeness (QED) is 0.644. The molecule has 2 aromatic heterocycles. The molecular formula is C26H29N3O3. The molecule has 6 heteroatoms. The maximum absolute atomic E-state index is 13.5. The maximum Gasteiger partial charge on any atom is 0.254 e. The second-order valence-electron chi connectivity index (χ2n) is 8.96. The van der Waals surface area contributed by atoms with Crippen molar-refractivity contribution < 1.29 is 14.0 Å². The van der Waals surface area contributed by atoms with Crippen LogP contribution in [-0.2, 0) is 4.79 Å². The van der Waals surface area contributed by atoms with Crippen LogP contribution in [0.5, 0.6) is 0 Å². The Morgan fingerprint density at radius 2 is 1.75 bits per heavy atom. The average molecular weight is 432 g/mol. The normalized spacial score (nSPS) is 18.1. The third kappa shape index (κ3) is 4.27. The largest absolute Gasteiger partial charge is 0.463 e. The lowest BCUT2D eigenvalue weighted by Crippen LogP contribution is -2.48. The molecule has 2 amide bonds. The first-order valence-corrected chi connectivity index (χ1v) is 11.7. The molecule has 3 heterocycles. The first-order chi connectivity index (χ1) is 15.7. The minimum atomic E-state index is 0.00784. The van der Waals surface area contributed by atoms with Gasteiger partial charge in [-0.25, -0.2) is 4.98 Å². The molecule has 0 radical (unpaired) electrons. The van der Waals surface area contributed by atoms with Crippen LogP contribution in [0.3, 0.4) is 0 Å². The summed E-state index contributed by atoms with van der Waals surface area (Å²) in [5.74, 6) is 1.03. The van der Waals surface area contributed by atoms with Gasteiger partial charge in [-0.05, 0) is 49.9 Å². The highest BCUT2D eigenvalue weighted by Gasteiger charge is 2.28. The number of likely N-dealkylation sites (tertiary alicyclic amines) is 1. The van der Waals surface area contributed by atoms with Gasteiger partial charge in [0.25, 0.3) is 5.91 Å². The maximum atomic E-state index is 13.5. The number of hydrogen-bond acceptors (Lipinski definition) is 4. The van der Waals surface area contributed by atoms with E-state index in [2.05, 4.69) is 10.3 Å². The highest BCUT2D eigenvalue weighted by molar-refractivity contribution is 6.07.